The molecule has 0 aliphatic rings. The summed E-state index contributed by atoms with van der Waals surface area (Å²) < 4.78 is 0. The van der Waals surface area contributed by atoms with E-state index in [0.29, 0.717) is 0 Å². The standard InChI is InChI=1S/C11H18/c1-4-6-7-8-9-10-11(3)5-2/h4,6,9-10H,3,5,7-8H2,1-2H3. The average molecular weight is 150 g/mol. The Morgan fingerprint density at radius 2 is 1.91 bits per heavy atom. The predicted octanol–water partition coefficient (Wildman–Crippen LogP) is 3.87. The van der Waals surface area contributed by atoms with Crippen LogP contribution in [0.5, 0.6) is 0 Å². The normalized spacial score (nSPS) is 11.5. The lowest BCUT2D eigenvalue weighted by molar-refractivity contribution is 1.04. The Labute approximate surface area is 70.3 Å². The Kier molecular flexibility index (Phi) is 6.81. The van der Waals surface area contributed by atoms with Gasteiger partial charge >= 0.3 is 0 Å². The van der Waals surface area contributed by atoms with Gasteiger partial charge in [-0.05, 0) is 26.2 Å². The van der Waals surface area contributed by atoms with Gasteiger partial charge in [-0.15, -0.1) is 0 Å². The first-order valence-corrected chi connectivity index (χ1v) is 4.26. The molecule has 0 radical (unpaired) electrons. The van der Waals surface area contributed by atoms with E-state index < -0.39 is 0 Å². The predicted molar refractivity (Wildman–Crippen MR) is 52.6 cm³/mol. The lowest BCUT2D eigenvalue weighted by Gasteiger charge is -1.90. The van der Waals surface area contributed by atoms with E-state index in [-0.39, 0.29) is 0 Å². The van der Waals surface area contributed by atoms with Crippen LogP contribution in [0.2, 0.25) is 0 Å². The van der Waals surface area contributed by atoms with Crippen molar-refractivity contribution in [3.05, 3.63) is 36.5 Å². The number of unbranched alkanes of at least 4 members (excludes halogenated alkanes) is 1. The quantitative estimate of drug-likeness (QED) is 0.317. The van der Waals surface area contributed by atoms with Crippen LogP contribution >= 0.6 is 0 Å². The van der Waals surface area contributed by atoms with Gasteiger partial charge in [0.2, 0.25) is 0 Å². The molecule has 0 saturated heterocycles. The van der Waals surface area contributed by atoms with E-state index in [1.54, 1.807) is 0 Å². The fourth-order valence-electron chi connectivity index (χ4n) is 0.727. The second-order valence-electron chi connectivity index (χ2n) is 2.56. The third kappa shape index (κ3) is 7.11. The lowest BCUT2D eigenvalue weighted by Crippen LogP contribution is -1.69. The minimum atomic E-state index is 1.06. The van der Waals surface area contributed by atoms with Crippen LogP contribution < -0.4 is 0 Å². The van der Waals surface area contributed by atoms with E-state index in [2.05, 4.69) is 44.7 Å². The zero-order chi connectivity index (χ0) is 8.53. The monoisotopic (exact) mass is 150 g/mol. The van der Waals surface area contributed by atoms with Crippen molar-refractivity contribution in [3.8, 4) is 0 Å². The molecule has 0 aliphatic carbocycles. The van der Waals surface area contributed by atoms with Crippen molar-refractivity contribution < 1.29 is 0 Å². The number of allylic oxidation sites excluding steroid dienone is 5. The molecule has 11 heavy (non-hydrogen) atoms. The van der Waals surface area contributed by atoms with Crippen LogP contribution in [0.1, 0.15) is 33.1 Å². The first-order chi connectivity index (χ1) is 5.31. The van der Waals surface area contributed by atoms with Gasteiger partial charge in [0.15, 0.2) is 0 Å². The Hall–Kier alpha value is -0.780. The minimum Gasteiger partial charge on any atom is -0.0959 e. The summed E-state index contributed by atoms with van der Waals surface area (Å²) in [5.74, 6) is 0. The van der Waals surface area contributed by atoms with E-state index >= 15 is 0 Å². The van der Waals surface area contributed by atoms with E-state index in [0.717, 1.165) is 19.3 Å². The molecule has 0 N–H and O–H groups in total. The zero-order valence-electron chi connectivity index (χ0n) is 7.64. The van der Waals surface area contributed by atoms with E-state index in [1.165, 1.54) is 5.57 Å². The van der Waals surface area contributed by atoms with Crippen LogP contribution in [0.15, 0.2) is 36.5 Å². The largest absolute Gasteiger partial charge is 0.0959 e. The second-order valence-corrected chi connectivity index (χ2v) is 2.56. The Morgan fingerprint density at radius 1 is 1.27 bits per heavy atom. The van der Waals surface area contributed by atoms with E-state index in [1.807, 2.05) is 0 Å². The highest BCUT2D eigenvalue weighted by atomic mass is 13.9. The highest BCUT2D eigenvalue weighted by Gasteiger charge is 1.80. The van der Waals surface area contributed by atoms with Crippen molar-refractivity contribution in [1.82, 2.24) is 0 Å². The average Bonchev–Trinajstić information content (AvgIpc) is 2.04. The first-order valence-electron chi connectivity index (χ1n) is 4.26. The molecule has 0 aromatic heterocycles. The maximum atomic E-state index is 3.89. The molecule has 0 fully saturated rings. The van der Waals surface area contributed by atoms with Crippen molar-refractivity contribution in [2.24, 2.45) is 0 Å². The number of rotatable bonds is 5. The molecule has 0 amide bonds. The summed E-state index contributed by atoms with van der Waals surface area (Å²) in [6.07, 6.45) is 11.9. The summed E-state index contributed by atoms with van der Waals surface area (Å²) in [7, 11) is 0. The van der Waals surface area contributed by atoms with Crippen molar-refractivity contribution in [1.29, 1.82) is 0 Å². The van der Waals surface area contributed by atoms with Crippen molar-refractivity contribution in [3.63, 3.8) is 0 Å². The summed E-state index contributed by atoms with van der Waals surface area (Å²) in [6.45, 7) is 8.06. The van der Waals surface area contributed by atoms with Crippen molar-refractivity contribution >= 4 is 0 Å². The third-order valence-corrected chi connectivity index (χ3v) is 1.54. The van der Waals surface area contributed by atoms with Gasteiger partial charge in [-0.25, -0.2) is 0 Å². The summed E-state index contributed by atoms with van der Waals surface area (Å²) in [5.41, 5.74) is 1.21. The number of hydrogen-bond acceptors (Lipinski definition) is 0. The van der Waals surface area contributed by atoms with Crippen LogP contribution in [-0.4, -0.2) is 0 Å². The molecule has 0 spiro atoms. The van der Waals surface area contributed by atoms with Gasteiger partial charge in [0, 0.05) is 0 Å². The molecule has 0 aliphatic heterocycles. The summed E-state index contributed by atoms with van der Waals surface area (Å²) >= 11 is 0. The Bertz CT molecular complexity index is 149. The van der Waals surface area contributed by atoms with Crippen molar-refractivity contribution in [2.45, 2.75) is 33.1 Å². The molecule has 0 nitrogen and oxygen atoms in total. The van der Waals surface area contributed by atoms with E-state index in [4.69, 9.17) is 0 Å². The molecule has 0 aromatic rings. The fraction of sp³-hybridized carbons (Fsp3) is 0.455. The van der Waals surface area contributed by atoms with E-state index in [9.17, 15) is 0 Å². The van der Waals surface area contributed by atoms with Crippen LogP contribution in [0.4, 0.5) is 0 Å². The molecular weight excluding hydrogens is 132 g/mol. The molecule has 0 bridgehead atoms. The SMILES string of the molecule is C=C(C=CCCC=CC)CC. The molecule has 0 unspecified atom stereocenters. The maximum absolute atomic E-state index is 3.89. The first kappa shape index (κ1) is 10.2. The highest BCUT2D eigenvalue weighted by Crippen LogP contribution is 2.00. The van der Waals surface area contributed by atoms with Crippen LogP contribution in [0, 0.1) is 0 Å². The second kappa shape index (κ2) is 7.33. The summed E-state index contributed by atoms with van der Waals surface area (Å²) in [4.78, 5) is 0. The van der Waals surface area contributed by atoms with Gasteiger partial charge in [-0.2, -0.15) is 0 Å². The minimum absolute atomic E-state index is 1.06. The molecule has 62 valence electrons. The molecule has 0 atom stereocenters. The van der Waals surface area contributed by atoms with Gasteiger partial charge in [-0.1, -0.05) is 43.4 Å². The van der Waals surface area contributed by atoms with Crippen molar-refractivity contribution in [2.75, 3.05) is 0 Å². The Balaban J connectivity index is 3.37. The molecule has 0 heteroatoms. The zero-order valence-corrected chi connectivity index (χ0v) is 7.64. The van der Waals surface area contributed by atoms with Crippen LogP contribution in [-0.2, 0) is 0 Å². The lowest BCUT2D eigenvalue weighted by atomic mass is 10.2. The van der Waals surface area contributed by atoms with Gasteiger partial charge in [0.25, 0.3) is 0 Å². The Morgan fingerprint density at radius 3 is 2.45 bits per heavy atom. The number of hydrogen-bond donors (Lipinski definition) is 0. The molecule has 0 aromatic carbocycles. The van der Waals surface area contributed by atoms with Gasteiger partial charge < -0.3 is 0 Å². The van der Waals surface area contributed by atoms with Gasteiger partial charge in [-0.3, -0.25) is 0 Å². The highest BCUT2D eigenvalue weighted by molar-refractivity contribution is 5.13. The van der Waals surface area contributed by atoms with Crippen LogP contribution in [0.3, 0.4) is 0 Å². The van der Waals surface area contributed by atoms with Gasteiger partial charge in [0.05, 0.1) is 0 Å². The molecule has 0 rings (SSSR count). The smallest absolute Gasteiger partial charge is 0.0313 e. The third-order valence-electron chi connectivity index (χ3n) is 1.54. The van der Waals surface area contributed by atoms with Crippen LogP contribution in [0.25, 0.3) is 0 Å². The topological polar surface area (TPSA) is 0 Å². The van der Waals surface area contributed by atoms with Gasteiger partial charge in [0.1, 0.15) is 0 Å². The molecule has 0 heterocycles. The summed E-state index contributed by atoms with van der Waals surface area (Å²) in [6, 6.07) is 0. The summed E-state index contributed by atoms with van der Waals surface area (Å²) in [5, 5.41) is 0. The molecule has 0 saturated carbocycles. The molecular formula is C11H18. The maximum Gasteiger partial charge on any atom is -0.0313 e. The fourth-order valence-corrected chi connectivity index (χ4v) is 0.727.